The van der Waals surface area contributed by atoms with Crippen molar-refractivity contribution in [2.75, 3.05) is 11.2 Å². The summed E-state index contributed by atoms with van der Waals surface area (Å²) in [5.41, 5.74) is 7.39. The first-order chi connectivity index (χ1) is 15.3. The van der Waals surface area contributed by atoms with E-state index in [0.717, 1.165) is 22.2 Å². The first-order valence-corrected chi connectivity index (χ1v) is 10.9. The number of carbonyl (C=O) groups is 1. The average Bonchev–Trinajstić information content (AvgIpc) is 3.17. The number of para-hydroxylation sites is 2. The number of amidine groups is 1. The standard InChI is InChI=1S/C24H19N5OS/c30-21-16-31-24(29(21)15-17-9-3-1-4-10-17)28-27-23-22(18-11-5-2-6-12-18)25-19-13-7-8-14-20(19)26-23/h1-14H,15-16H2,(H,26,27)/b28-24+. The zero-order valence-electron chi connectivity index (χ0n) is 16.6. The van der Waals surface area contributed by atoms with Gasteiger partial charge in [0.2, 0.25) is 5.91 Å². The van der Waals surface area contributed by atoms with Gasteiger partial charge < -0.3 is 0 Å². The van der Waals surface area contributed by atoms with E-state index in [-0.39, 0.29) is 5.91 Å². The normalized spacial score (nSPS) is 15.0. The zero-order chi connectivity index (χ0) is 21.0. The smallest absolute Gasteiger partial charge is 0.239 e. The maximum absolute atomic E-state index is 12.4. The van der Waals surface area contributed by atoms with Crippen LogP contribution in [-0.4, -0.2) is 31.7 Å². The van der Waals surface area contributed by atoms with Crippen LogP contribution in [0.3, 0.4) is 0 Å². The van der Waals surface area contributed by atoms with Crippen LogP contribution in [0.15, 0.2) is 90.0 Å². The van der Waals surface area contributed by atoms with Gasteiger partial charge in [0.05, 0.1) is 23.3 Å². The molecule has 0 atom stereocenters. The SMILES string of the molecule is O=C1CS/C(=N/Nc2nc3ccccc3nc2-c2ccccc2)N1Cc1ccccc1. The Labute approximate surface area is 184 Å². The highest BCUT2D eigenvalue weighted by atomic mass is 32.2. The van der Waals surface area contributed by atoms with E-state index in [4.69, 9.17) is 9.97 Å². The molecule has 2 heterocycles. The molecule has 7 heteroatoms. The summed E-state index contributed by atoms with van der Waals surface area (Å²) < 4.78 is 0. The molecule has 0 radical (unpaired) electrons. The third-order valence-electron chi connectivity index (χ3n) is 4.92. The van der Waals surface area contributed by atoms with Crippen molar-refractivity contribution in [3.8, 4) is 11.3 Å². The molecule has 0 spiro atoms. The molecule has 1 N–H and O–H groups in total. The van der Waals surface area contributed by atoms with E-state index < -0.39 is 0 Å². The summed E-state index contributed by atoms with van der Waals surface area (Å²) in [4.78, 5) is 23.7. The lowest BCUT2D eigenvalue weighted by Gasteiger charge is -2.16. The van der Waals surface area contributed by atoms with Gasteiger partial charge in [0.15, 0.2) is 11.0 Å². The number of thioether (sulfide) groups is 1. The monoisotopic (exact) mass is 425 g/mol. The lowest BCUT2D eigenvalue weighted by molar-refractivity contribution is -0.124. The number of benzene rings is 3. The molecule has 0 bridgehead atoms. The van der Waals surface area contributed by atoms with Gasteiger partial charge in [0.1, 0.15) is 5.69 Å². The van der Waals surface area contributed by atoms with E-state index >= 15 is 0 Å². The molecule has 1 saturated heterocycles. The number of amides is 1. The summed E-state index contributed by atoms with van der Waals surface area (Å²) >= 11 is 1.42. The van der Waals surface area contributed by atoms with Crippen LogP contribution in [0.1, 0.15) is 5.56 Å². The maximum atomic E-state index is 12.4. The van der Waals surface area contributed by atoms with Crippen LogP contribution in [0.5, 0.6) is 0 Å². The van der Waals surface area contributed by atoms with Crippen LogP contribution >= 0.6 is 11.8 Å². The first-order valence-electron chi connectivity index (χ1n) is 9.91. The van der Waals surface area contributed by atoms with Gasteiger partial charge in [-0.3, -0.25) is 15.1 Å². The maximum Gasteiger partial charge on any atom is 0.239 e. The third-order valence-corrected chi connectivity index (χ3v) is 5.88. The predicted molar refractivity (Wildman–Crippen MR) is 125 cm³/mol. The fraction of sp³-hybridized carbons (Fsp3) is 0.0833. The van der Waals surface area contributed by atoms with Gasteiger partial charge in [0, 0.05) is 5.56 Å². The molecule has 1 aliphatic heterocycles. The van der Waals surface area contributed by atoms with Crippen molar-refractivity contribution >= 4 is 39.7 Å². The second kappa shape index (κ2) is 8.57. The molecule has 31 heavy (non-hydrogen) atoms. The van der Waals surface area contributed by atoms with E-state index in [1.807, 2.05) is 84.9 Å². The van der Waals surface area contributed by atoms with Gasteiger partial charge in [0.25, 0.3) is 0 Å². The predicted octanol–water partition coefficient (Wildman–Crippen LogP) is 4.76. The number of hydrazone groups is 1. The van der Waals surface area contributed by atoms with Gasteiger partial charge in [-0.15, -0.1) is 5.10 Å². The Morgan fingerprint density at radius 1 is 0.871 bits per heavy atom. The van der Waals surface area contributed by atoms with E-state index in [1.54, 1.807) is 4.90 Å². The minimum atomic E-state index is 0.0438. The molecule has 1 amide bonds. The molecule has 4 aromatic rings. The molecule has 6 nitrogen and oxygen atoms in total. The fourth-order valence-corrected chi connectivity index (χ4v) is 4.22. The molecule has 152 valence electrons. The molecular weight excluding hydrogens is 406 g/mol. The van der Waals surface area contributed by atoms with Crippen molar-refractivity contribution in [1.29, 1.82) is 0 Å². The Morgan fingerprint density at radius 2 is 1.52 bits per heavy atom. The van der Waals surface area contributed by atoms with Crippen molar-refractivity contribution in [2.24, 2.45) is 5.10 Å². The summed E-state index contributed by atoms with van der Waals surface area (Å²) in [6.45, 7) is 0.488. The van der Waals surface area contributed by atoms with Crippen molar-refractivity contribution in [2.45, 2.75) is 6.54 Å². The van der Waals surface area contributed by atoms with Crippen LogP contribution in [0.25, 0.3) is 22.3 Å². The summed E-state index contributed by atoms with van der Waals surface area (Å²) in [5, 5.41) is 5.17. The molecular formula is C24H19N5OS. The van der Waals surface area contributed by atoms with Crippen molar-refractivity contribution in [3.63, 3.8) is 0 Å². The lowest BCUT2D eigenvalue weighted by atomic mass is 10.1. The van der Waals surface area contributed by atoms with Crippen molar-refractivity contribution in [1.82, 2.24) is 14.9 Å². The number of anilines is 1. The number of hydrogen-bond acceptors (Lipinski definition) is 6. The Balaban J connectivity index is 1.49. The van der Waals surface area contributed by atoms with Crippen LogP contribution in [0.2, 0.25) is 0 Å². The number of nitrogens with zero attached hydrogens (tertiary/aromatic N) is 4. The number of carbonyl (C=O) groups excluding carboxylic acids is 1. The Morgan fingerprint density at radius 3 is 2.26 bits per heavy atom. The minimum Gasteiger partial charge on any atom is -0.285 e. The quantitative estimate of drug-likeness (QED) is 0.467. The van der Waals surface area contributed by atoms with Gasteiger partial charge in [-0.1, -0.05) is 84.6 Å². The molecule has 5 rings (SSSR count). The molecule has 1 aromatic heterocycles. The van der Waals surface area contributed by atoms with Crippen LogP contribution < -0.4 is 5.43 Å². The number of hydrogen-bond donors (Lipinski definition) is 1. The van der Waals surface area contributed by atoms with E-state index in [0.29, 0.717) is 29.0 Å². The number of nitrogens with one attached hydrogen (secondary N) is 1. The number of fused-ring (bicyclic) bond motifs is 1. The van der Waals surface area contributed by atoms with E-state index in [1.165, 1.54) is 11.8 Å². The Hall–Kier alpha value is -3.71. The third kappa shape index (κ3) is 4.13. The van der Waals surface area contributed by atoms with Crippen LogP contribution in [-0.2, 0) is 11.3 Å². The lowest BCUT2D eigenvalue weighted by Crippen LogP contribution is -2.29. The highest BCUT2D eigenvalue weighted by Gasteiger charge is 2.28. The molecule has 0 aliphatic carbocycles. The zero-order valence-corrected chi connectivity index (χ0v) is 17.4. The van der Waals surface area contributed by atoms with Crippen molar-refractivity contribution in [3.05, 3.63) is 90.5 Å². The average molecular weight is 426 g/mol. The van der Waals surface area contributed by atoms with Crippen LogP contribution in [0, 0.1) is 0 Å². The molecule has 0 saturated carbocycles. The highest BCUT2D eigenvalue weighted by Crippen LogP contribution is 2.28. The Kier molecular flexibility index (Phi) is 5.33. The molecule has 3 aromatic carbocycles. The number of aromatic nitrogens is 2. The highest BCUT2D eigenvalue weighted by molar-refractivity contribution is 8.15. The van der Waals surface area contributed by atoms with E-state index in [2.05, 4.69) is 10.5 Å². The molecule has 1 fully saturated rings. The van der Waals surface area contributed by atoms with E-state index in [9.17, 15) is 4.79 Å². The summed E-state index contributed by atoms with van der Waals surface area (Å²) in [5.74, 6) is 0.974. The van der Waals surface area contributed by atoms with Gasteiger partial charge >= 0.3 is 0 Å². The molecule has 1 aliphatic rings. The van der Waals surface area contributed by atoms with Gasteiger partial charge in [-0.05, 0) is 17.7 Å². The van der Waals surface area contributed by atoms with Gasteiger partial charge in [-0.2, -0.15) is 0 Å². The van der Waals surface area contributed by atoms with Crippen molar-refractivity contribution < 1.29 is 4.79 Å². The largest absolute Gasteiger partial charge is 0.285 e. The topological polar surface area (TPSA) is 70.5 Å². The summed E-state index contributed by atoms with van der Waals surface area (Å²) in [6, 6.07) is 27.5. The Bertz CT molecular complexity index is 1260. The minimum absolute atomic E-state index is 0.0438. The van der Waals surface area contributed by atoms with Crippen LogP contribution in [0.4, 0.5) is 5.82 Å². The first kappa shape index (κ1) is 19.3. The number of rotatable bonds is 5. The second-order valence-electron chi connectivity index (χ2n) is 7.04. The fourth-order valence-electron chi connectivity index (χ4n) is 3.38. The summed E-state index contributed by atoms with van der Waals surface area (Å²) in [6.07, 6.45) is 0. The second-order valence-corrected chi connectivity index (χ2v) is 7.98. The van der Waals surface area contributed by atoms with Gasteiger partial charge in [-0.25, -0.2) is 9.97 Å². The summed E-state index contributed by atoms with van der Waals surface area (Å²) in [7, 11) is 0. The molecule has 0 unspecified atom stereocenters.